The summed E-state index contributed by atoms with van der Waals surface area (Å²) in [6, 6.07) is 14.2. The molecule has 1 atom stereocenters. The first kappa shape index (κ1) is 18.4. The number of hydrogen-bond donors (Lipinski definition) is 0. The zero-order chi connectivity index (χ0) is 18.4. The lowest BCUT2D eigenvalue weighted by molar-refractivity contribution is -0.138. The van der Waals surface area contributed by atoms with Crippen molar-refractivity contribution in [1.82, 2.24) is 4.90 Å². The van der Waals surface area contributed by atoms with Crippen LogP contribution in [-0.4, -0.2) is 43.7 Å². The number of carbonyl (C=O) groups excluding carboxylic acids is 1. The van der Waals surface area contributed by atoms with Crippen LogP contribution in [0.15, 0.2) is 48.5 Å². The van der Waals surface area contributed by atoms with Gasteiger partial charge in [0.1, 0.15) is 11.6 Å². The van der Waals surface area contributed by atoms with Gasteiger partial charge in [-0.05, 0) is 41.8 Å². The average Bonchev–Trinajstić information content (AvgIpc) is 2.68. The number of morpholine rings is 1. The molecule has 0 saturated carbocycles. The van der Waals surface area contributed by atoms with Gasteiger partial charge in [0, 0.05) is 25.9 Å². The highest BCUT2D eigenvalue weighted by molar-refractivity contribution is 5.76. The number of rotatable bonds is 6. The highest BCUT2D eigenvalue weighted by Gasteiger charge is 2.24. The maximum absolute atomic E-state index is 13.0. The highest BCUT2D eigenvalue weighted by atomic mass is 19.1. The molecule has 1 aliphatic heterocycles. The molecule has 1 amide bonds. The van der Waals surface area contributed by atoms with Crippen molar-refractivity contribution < 1.29 is 18.7 Å². The van der Waals surface area contributed by atoms with Gasteiger partial charge >= 0.3 is 0 Å². The third-order valence-corrected chi connectivity index (χ3v) is 4.65. The maximum atomic E-state index is 13.0. The summed E-state index contributed by atoms with van der Waals surface area (Å²) in [4.78, 5) is 14.4. The summed E-state index contributed by atoms with van der Waals surface area (Å²) in [6.45, 7) is 1.75. The van der Waals surface area contributed by atoms with E-state index in [0.717, 1.165) is 16.9 Å². The topological polar surface area (TPSA) is 38.8 Å². The van der Waals surface area contributed by atoms with E-state index in [0.29, 0.717) is 39.0 Å². The van der Waals surface area contributed by atoms with E-state index in [1.807, 2.05) is 29.2 Å². The quantitative estimate of drug-likeness (QED) is 0.797. The van der Waals surface area contributed by atoms with Gasteiger partial charge in [-0.15, -0.1) is 0 Å². The Labute approximate surface area is 153 Å². The number of hydrogen-bond acceptors (Lipinski definition) is 3. The van der Waals surface area contributed by atoms with E-state index in [-0.39, 0.29) is 17.8 Å². The van der Waals surface area contributed by atoms with Crippen molar-refractivity contribution in [2.75, 3.05) is 26.8 Å². The van der Waals surface area contributed by atoms with Crippen LogP contribution in [0.5, 0.6) is 5.75 Å². The average molecular weight is 357 g/mol. The van der Waals surface area contributed by atoms with Crippen molar-refractivity contribution in [2.24, 2.45) is 0 Å². The van der Waals surface area contributed by atoms with Gasteiger partial charge in [0.25, 0.3) is 0 Å². The van der Waals surface area contributed by atoms with Crippen LogP contribution in [0.1, 0.15) is 17.5 Å². The summed E-state index contributed by atoms with van der Waals surface area (Å²) in [5.41, 5.74) is 2.14. The van der Waals surface area contributed by atoms with Crippen LogP contribution in [0.4, 0.5) is 4.39 Å². The van der Waals surface area contributed by atoms with E-state index in [2.05, 4.69) is 0 Å². The molecule has 0 aliphatic carbocycles. The smallest absolute Gasteiger partial charge is 0.223 e. The van der Waals surface area contributed by atoms with Crippen molar-refractivity contribution in [3.8, 4) is 5.75 Å². The predicted octanol–water partition coefficient (Wildman–Crippen LogP) is 3.24. The molecule has 2 aromatic rings. The number of carbonyl (C=O) groups is 1. The number of ether oxygens (including phenoxy) is 2. The van der Waals surface area contributed by atoms with Gasteiger partial charge in [-0.3, -0.25) is 4.79 Å². The van der Waals surface area contributed by atoms with Gasteiger partial charge in [0.2, 0.25) is 5.91 Å². The third kappa shape index (κ3) is 5.05. The number of halogens is 1. The van der Waals surface area contributed by atoms with Gasteiger partial charge in [-0.25, -0.2) is 4.39 Å². The van der Waals surface area contributed by atoms with E-state index >= 15 is 0 Å². The fourth-order valence-electron chi connectivity index (χ4n) is 3.15. The van der Waals surface area contributed by atoms with Gasteiger partial charge in [0.15, 0.2) is 0 Å². The minimum absolute atomic E-state index is 0.0425. The Kier molecular flexibility index (Phi) is 6.23. The van der Waals surface area contributed by atoms with Crippen LogP contribution in [0.2, 0.25) is 0 Å². The fourth-order valence-corrected chi connectivity index (χ4v) is 3.15. The largest absolute Gasteiger partial charge is 0.497 e. The number of methoxy groups -OCH3 is 1. The summed E-state index contributed by atoms with van der Waals surface area (Å²) >= 11 is 0. The monoisotopic (exact) mass is 357 g/mol. The number of nitrogens with zero attached hydrogens (tertiary/aromatic N) is 1. The molecule has 0 unspecified atom stereocenters. The van der Waals surface area contributed by atoms with Gasteiger partial charge in [-0.1, -0.05) is 24.3 Å². The summed E-state index contributed by atoms with van der Waals surface area (Å²) in [5, 5.41) is 0. The van der Waals surface area contributed by atoms with Crippen molar-refractivity contribution in [3.05, 3.63) is 65.5 Å². The minimum Gasteiger partial charge on any atom is -0.497 e. The highest BCUT2D eigenvalue weighted by Crippen LogP contribution is 2.16. The molecule has 5 heteroatoms. The molecule has 3 rings (SSSR count). The Morgan fingerprint density at radius 2 is 1.85 bits per heavy atom. The first-order valence-corrected chi connectivity index (χ1v) is 8.91. The zero-order valence-corrected chi connectivity index (χ0v) is 15.0. The first-order chi connectivity index (χ1) is 12.6. The molecule has 1 fully saturated rings. The second-order valence-electron chi connectivity index (χ2n) is 6.51. The molecule has 138 valence electrons. The molecule has 1 heterocycles. The van der Waals surface area contributed by atoms with E-state index in [1.54, 1.807) is 19.2 Å². The lowest BCUT2D eigenvalue weighted by Gasteiger charge is -2.33. The molecule has 0 aromatic heterocycles. The Morgan fingerprint density at radius 1 is 1.15 bits per heavy atom. The Balaban J connectivity index is 1.49. The van der Waals surface area contributed by atoms with Crippen molar-refractivity contribution in [1.29, 1.82) is 0 Å². The molecule has 2 aromatic carbocycles. The molecular formula is C21H24FNO3. The van der Waals surface area contributed by atoms with Crippen LogP contribution < -0.4 is 4.74 Å². The number of aryl methyl sites for hydroxylation is 1. The Hall–Kier alpha value is -2.40. The maximum Gasteiger partial charge on any atom is 0.223 e. The van der Waals surface area contributed by atoms with Crippen molar-refractivity contribution in [3.63, 3.8) is 0 Å². The van der Waals surface area contributed by atoms with E-state index < -0.39 is 0 Å². The standard InChI is InChI=1S/C21H24FNO3/c1-25-19-9-4-16(5-10-19)6-11-21(24)23-12-13-26-20(15-23)14-17-2-7-18(22)8-3-17/h2-5,7-10,20H,6,11-15H2,1H3/t20-/m1/s1. The van der Waals surface area contributed by atoms with E-state index in [4.69, 9.17) is 9.47 Å². The Morgan fingerprint density at radius 3 is 2.54 bits per heavy atom. The molecule has 4 nitrogen and oxygen atoms in total. The number of amides is 1. The van der Waals surface area contributed by atoms with Crippen LogP contribution in [-0.2, 0) is 22.4 Å². The second-order valence-corrected chi connectivity index (χ2v) is 6.51. The Bertz CT molecular complexity index is 715. The molecule has 0 radical (unpaired) electrons. The fraction of sp³-hybridized carbons (Fsp3) is 0.381. The van der Waals surface area contributed by atoms with E-state index in [1.165, 1.54) is 12.1 Å². The normalized spacial score (nSPS) is 17.2. The molecule has 0 spiro atoms. The van der Waals surface area contributed by atoms with Crippen LogP contribution in [0.3, 0.4) is 0 Å². The summed E-state index contributed by atoms with van der Waals surface area (Å²) in [6.07, 6.45) is 1.83. The third-order valence-electron chi connectivity index (χ3n) is 4.65. The predicted molar refractivity (Wildman–Crippen MR) is 97.7 cm³/mol. The lowest BCUT2D eigenvalue weighted by Crippen LogP contribution is -2.46. The molecule has 26 heavy (non-hydrogen) atoms. The molecular weight excluding hydrogens is 333 g/mol. The van der Waals surface area contributed by atoms with Gasteiger partial charge < -0.3 is 14.4 Å². The molecule has 0 bridgehead atoms. The minimum atomic E-state index is -0.242. The summed E-state index contributed by atoms with van der Waals surface area (Å²) in [5.74, 6) is 0.721. The zero-order valence-electron chi connectivity index (χ0n) is 15.0. The van der Waals surface area contributed by atoms with E-state index in [9.17, 15) is 9.18 Å². The van der Waals surface area contributed by atoms with Crippen LogP contribution in [0.25, 0.3) is 0 Å². The number of benzene rings is 2. The second kappa shape index (κ2) is 8.81. The lowest BCUT2D eigenvalue weighted by atomic mass is 10.1. The first-order valence-electron chi connectivity index (χ1n) is 8.91. The molecule has 1 saturated heterocycles. The SMILES string of the molecule is COc1ccc(CCC(=O)N2CCO[C@H](Cc3ccc(F)cc3)C2)cc1. The summed E-state index contributed by atoms with van der Waals surface area (Å²) < 4.78 is 23.9. The van der Waals surface area contributed by atoms with Crippen LogP contribution in [0, 0.1) is 5.82 Å². The summed E-state index contributed by atoms with van der Waals surface area (Å²) in [7, 11) is 1.64. The van der Waals surface area contributed by atoms with Gasteiger partial charge in [-0.2, -0.15) is 0 Å². The van der Waals surface area contributed by atoms with Crippen LogP contribution >= 0.6 is 0 Å². The van der Waals surface area contributed by atoms with Gasteiger partial charge in [0.05, 0.1) is 19.8 Å². The molecule has 0 N–H and O–H groups in total. The molecule has 1 aliphatic rings. The van der Waals surface area contributed by atoms with Crippen molar-refractivity contribution in [2.45, 2.75) is 25.4 Å². The van der Waals surface area contributed by atoms with Crippen molar-refractivity contribution >= 4 is 5.91 Å².